The molecule has 0 unspecified atom stereocenters. The lowest BCUT2D eigenvalue weighted by Crippen LogP contribution is -2.14. The molecule has 5 heteroatoms. The first-order chi connectivity index (χ1) is 8.69. The first-order valence-electron chi connectivity index (χ1n) is 5.59. The van der Waals surface area contributed by atoms with Crippen molar-refractivity contribution in [1.82, 2.24) is 9.78 Å². The van der Waals surface area contributed by atoms with E-state index in [1.165, 1.54) is 0 Å². The monoisotopic (exact) mass is 261 g/mol. The molecule has 2 aromatic rings. The van der Waals surface area contributed by atoms with E-state index in [9.17, 15) is 4.79 Å². The lowest BCUT2D eigenvalue weighted by atomic mass is 10.1. The van der Waals surface area contributed by atoms with Gasteiger partial charge in [0.2, 0.25) is 5.91 Å². The smallest absolute Gasteiger partial charge is 0.228 e. The van der Waals surface area contributed by atoms with Crippen molar-refractivity contribution in [2.45, 2.75) is 11.3 Å². The van der Waals surface area contributed by atoms with Crippen LogP contribution in [0.2, 0.25) is 0 Å². The Bertz CT molecular complexity index is 551. The summed E-state index contributed by atoms with van der Waals surface area (Å²) in [7, 11) is 1.82. The van der Waals surface area contributed by atoms with E-state index >= 15 is 0 Å². The molecule has 2 rings (SSSR count). The molecule has 1 aromatic carbocycles. The minimum Gasteiger partial charge on any atom is -0.323 e. The number of anilines is 1. The van der Waals surface area contributed by atoms with Crippen LogP contribution in [0.1, 0.15) is 5.56 Å². The van der Waals surface area contributed by atoms with E-state index in [-0.39, 0.29) is 5.91 Å². The molecule has 0 atom stereocenters. The SMILES string of the molecule is CSc1ccccc1CC(=O)Nc1cnn(C)c1. The maximum atomic E-state index is 11.9. The molecular weight excluding hydrogens is 246 g/mol. The summed E-state index contributed by atoms with van der Waals surface area (Å²) in [5.74, 6) is -0.0236. The fraction of sp³-hybridized carbons (Fsp3) is 0.231. The highest BCUT2D eigenvalue weighted by molar-refractivity contribution is 7.98. The van der Waals surface area contributed by atoms with Crippen molar-refractivity contribution in [1.29, 1.82) is 0 Å². The number of carbonyl (C=O) groups is 1. The molecule has 0 aliphatic heterocycles. The second kappa shape index (κ2) is 5.73. The van der Waals surface area contributed by atoms with Crippen molar-refractivity contribution in [3.8, 4) is 0 Å². The molecule has 0 spiro atoms. The molecule has 0 fully saturated rings. The number of hydrogen-bond acceptors (Lipinski definition) is 3. The van der Waals surface area contributed by atoms with Gasteiger partial charge in [0.05, 0.1) is 18.3 Å². The first kappa shape index (κ1) is 12.7. The second-order valence-electron chi connectivity index (χ2n) is 3.94. The number of nitrogens with zero attached hydrogens (tertiary/aromatic N) is 2. The van der Waals surface area contributed by atoms with Crippen LogP contribution in [0.15, 0.2) is 41.6 Å². The Balaban J connectivity index is 2.03. The Hall–Kier alpha value is -1.75. The van der Waals surface area contributed by atoms with Gasteiger partial charge in [-0.1, -0.05) is 18.2 Å². The van der Waals surface area contributed by atoms with Gasteiger partial charge in [-0.25, -0.2) is 0 Å². The van der Waals surface area contributed by atoms with Gasteiger partial charge in [-0.15, -0.1) is 11.8 Å². The van der Waals surface area contributed by atoms with Gasteiger partial charge in [0.25, 0.3) is 0 Å². The summed E-state index contributed by atoms with van der Waals surface area (Å²) in [6.45, 7) is 0. The largest absolute Gasteiger partial charge is 0.323 e. The number of thioether (sulfide) groups is 1. The van der Waals surface area contributed by atoms with Gasteiger partial charge in [0, 0.05) is 18.1 Å². The number of rotatable bonds is 4. The summed E-state index contributed by atoms with van der Waals surface area (Å²) in [6, 6.07) is 7.94. The predicted octanol–water partition coefficient (Wildman–Crippen LogP) is 2.32. The summed E-state index contributed by atoms with van der Waals surface area (Å²) in [6.07, 6.45) is 5.81. The maximum absolute atomic E-state index is 11.9. The van der Waals surface area contributed by atoms with Crippen LogP contribution in [0.3, 0.4) is 0 Å². The minimum atomic E-state index is -0.0236. The van der Waals surface area contributed by atoms with E-state index in [2.05, 4.69) is 10.4 Å². The highest BCUT2D eigenvalue weighted by Crippen LogP contribution is 2.20. The molecule has 0 aliphatic rings. The van der Waals surface area contributed by atoms with Crippen molar-refractivity contribution in [3.05, 3.63) is 42.2 Å². The number of amides is 1. The lowest BCUT2D eigenvalue weighted by molar-refractivity contribution is -0.115. The molecule has 0 saturated heterocycles. The Morgan fingerprint density at radius 3 is 2.89 bits per heavy atom. The van der Waals surface area contributed by atoms with Crippen molar-refractivity contribution < 1.29 is 4.79 Å². The van der Waals surface area contributed by atoms with Gasteiger partial charge < -0.3 is 5.32 Å². The van der Waals surface area contributed by atoms with Crippen LogP contribution in [-0.2, 0) is 18.3 Å². The number of hydrogen-bond donors (Lipinski definition) is 1. The third kappa shape index (κ3) is 3.13. The number of aryl methyl sites for hydroxylation is 1. The highest BCUT2D eigenvalue weighted by Gasteiger charge is 2.08. The maximum Gasteiger partial charge on any atom is 0.228 e. The number of carbonyl (C=O) groups excluding carboxylic acids is 1. The van der Waals surface area contributed by atoms with E-state index in [1.807, 2.05) is 37.6 Å². The Morgan fingerprint density at radius 1 is 1.44 bits per heavy atom. The normalized spacial score (nSPS) is 10.3. The lowest BCUT2D eigenvalue weighted by Gasteiger charge is -2.06. The first-order valence-corrected chi connectivity index (χ1v) is 6.82. The molecular formula is C13H15N3OS. The van der Waals surface area contributed by atoms with E-state index in [0.717, 1.165) is 16.1 Å². The molecule has 1 N–H and O–H groups in total. The Morgan fingerprint density at radius 2 is 2.22 bits per heavy atom. The number of benzene rings is 1. The number of nitrogens with one attached hydrogen (secondary N) is 1. The number of aromatic nitrogens is 2. The van der Waals surface area contributed by atoms with Crippen LogP contribution in [0.5, 0.6) is 0 Å². The molecule has 0 bridgehead atoms. The minimum absolute atomic E-state index is 0.0236. The topological polar surface area (TPSA) is 46.9 Å². The fourth-order valence-electron chi connectivity index (χ4n) is 1.71. The standard InChI is InChI=1S/C13H15N3OS/c1-16-9-11(8-14-16)15-13(17)7-10-5-3-4-6-12(10)18-2/h3-6,8-9H,7H2,1-2H3,(H,15,17). The molecule has 18 heavy (non-hydrogen) atoms. The molecule has 0 saturated carbocycles. The van der Waals surface area contributed by atoms with Crippen molar-refractivity contribution in [2.75, 3.05) is 11.6 Å². The van der Waals surface area contributed by atoms with Crippen molar-refractivity contribution >= 4 is 23.4 Å². The molecule has 94 valence electrons. The zero-order valence-corrected chi connectivity index (χ0v) is 11.2. The third-order valence-corrected chi connectivity index (χ3v) is 3.37. The molecule has 0 aliphatic carbocycles. The van der Waals surface area contributed by atoms with Crippen molar-refractivity contribution in [3.63, 3.8) is 0 Å². The highest BCUT2D eigenvalue weighted by atomic mass is 32.2. The van der Waals surface area contributed by atoms with Crippen LogP contribution < -0.4 is 5.32 Å². The van der Waals surface area contributed by atoms with Crippen molar-refractivity contribution in [2.24, 2.45) is 7.05 Å². The molecule has 1 aromatic heterocycles. The Kier molecular flexibility index (Phi) is 4.04. The van der Waals surface area contributed by atoms with E-state index in [1.54, 1.807) is 28.8 Å². The average Bonchev–Trinajstić information content (AvgIpc) is 2.75. The van der Waals surface area contributed by atoms with Gasteiger partial charge in [0.15, 0.2) is 0 Å². The quantitative estimate of drug-likeness (QED) is 0.859. The molecule has 1 heterocycles. The second-order valence-corrected chi connectivity index (χ2v) is 4.79. The Labute approximate surface area is 110 Å². The van der Waals surface area contributed by atoms with E-state index in [0.29, 0.717) is 6.42 Å². The van der Waals surface area contributed by atoms with Crippen LogP contribution >= 0.6 is 11.8 Å². The summed E-state index contributed by atoms with van der Waals surface area (Å²) in [5.41, 5.74) is 1.77. The van der Waals surface area contributed by atoms with E-state index < -0.39 is 0 Å². The molecule has 4 nitrogen and oxygen atoms in total. The van der Waals surface area contributed by atoms with Gasteiger partial charge in [-0.2, -0.15) is 5.10 Å². The summed E-state index contributed by atoms with van der Waals surface area (Å²) >= 11 is 1.65. The summed E-state index contributed by atoms with van der Waals surface area (Å²) < 4.78 is 1.66. The third-order valence-electron chi connectivity index (χ3n) is 2.53. The van der Waals surface area contributed by atoms with Gasteiger partial charge in [0.1, 0.15) is 0 Å². The van der Waals surface area contributed by atoms with Gasteiger partial charge in [-0.05, 0) is 17.9 Å². The average molecular weight is 261 g/mol. The van der Waals surface area contributed by atoms with Gasteiger partial charge >= 0.3 is 0 Å². The zero-order valence-electron chi connectivity index (χ0n) is 10.4. The molecule has 0 radical (unpaired) electrons. The predicted molar refractivity (Wildman–Crippen MR) is 73.8 cm³/mol. The summed E-state index contributed by atoms with van der Waals surface area (Å²) in [5, 5.41) is 6.84. The van der Waals surface area contributed by atoms with E-state index in [4.69, 9.17) is 0 Å². The van der Waals surface area contributed by atoms with Crippen LogP contribution in [0, 0.1) is 0 Å². The summed E-state index contributed by atoms with van der Waals surface area (Å²) in [4.78, 5) is 13.0. The molecule has 1 amide bonds. The fourth-order valence-corrected chi connectivity index (χ4v) is 2.33. The van der Waals surface area contributed by atoms with Crippen LogP contribution in [0.4, 0.5) is 5.69 Å². The van der Waals surface area contributed by atoms with Crippen LogP contribution in [0.25, 0.3) is 0 Å². The van der Waals surface area contributed by atoms with Gasteiger partial charge in [-0.3, -0.25) is 9.48 Å². The zero-order chi connectivity index (χ0) is 13.0. The van der Waals surface area contributed by atoms with Crippen LogP contribution in [-0.4, -0.2) is 21.9 Å².